The summed E-state index contributed by atoms with van der Waals surface area (Å²) in [6.07, 6.45) is 2.03. The maximum Gasteiger partial charge on any atom is 0.226 e. The van der Waals surface area contributed by atoms with Gasteiger partial charge in [0.1, 0.15) is 6.26 Å². The average molecular weight is 329 g/mol. The Morgan fingerprint density at radius 1 is 1.26 bits per heavy atom. The molecule has 2 atom stereocenters. The summed E-state index contributed by atoms with van der Waals surface area (Å²) in [6.45, 7) is 1.99. The predicted molar refractivity (Wildman–Crippen MR) is 95.9 cm³/mol. The van der Waals surface area contributed by atoms with Crippen LogP contribution < -0.4 is 15.4 Å². The van der Waals surface area contributed by atoms with Crippen LogP contribution in [-0.4, -0.2) is 22.8 Å². The van der Waals surface area contributed by atoms with Gasteiger partial charge in [0, 0.05) is 18.0 Å². The first-order valence-electron chi connectivity index (χ1n) is 7.43. The van der Waals surface area contributed by atoms with Gasteiger partial charge in [-0.25, -0.2) is 4.72 Å². The number of carbonyl (C=O) groups excluding carboxylic acids is 1. The van der Waals surface area contributed by atoms with Crippen molar-refractivity contribution >= 4 is 34.3 Å². The van der Waals surface area contributed by atoms with E-state index in [-0.39, 0.29) is 11.9 Å². The van der Waals surface area contributed by atoms with Crippen LogP contribution in [0.4, 0.5) is 17.1 Å². The minimum Gasteiger partial charge on any atom is -0.593 e. The molecule has 5 nitrogen and oxygen atoms in total. The summed E-state index contributed by atoms with van der Waals surface area (Å²) < 4.78 is 14.3. The van der Waals surface area contributed by atoms with Crippen molar-refractivity contribution in [1.29, 1.82) is 0 Å². The number of hydrogen-bond acceptors (Lipinski definition) is 4. The number of benzene rings is 2. The second-order valence-corrected chi connectivity index (χ2v) is 6.78. The molecule has 120 valence electrons. The largest absolute Gasteiger partial charge is 0.593 e. The first-order valence-corrected chi connectivity index (χ1v) is 8.98. The third-order valence-electron chi connectivity index (χ3n) is 3.66. The molecule has 1 aliphatic heterocycles. The van der Waals surface area contributed by atoms with E-state index < -0.39 is 11.4 Å². The van der Waals surface area contributed by atoms with Crippen LogP contribution in [0, 0.1) is 0 Å². The van der Waals surface area contributed by atoms with Crippen LogP contribution in [0.1, 0.15) is 13.3 Å². The zero-order valence-electron chi connectivity index (χ0n) is 13.1. The van der Waals surface area contributed by atoms with E-state index in [4.69, 9.17) is 0 Å². The Morgan fingerprint density at radius 2 is 2.04 bits per heavy atom. The van der Waals surface area contributed by atoms with E-state index in [0.717, 1.165) is 28.2 Å². The van der Waals surface area contributed by atoms with Gasteiger partial charge in [-0.3, -0.25) is 4.79 Å². The molecule has 0 aromatic heterocycles. The maximum absolute atomic E-state index is 11.9. The van der Waals surface area contributed by atoms with Crippen LogP contribution in [0.25, 0.3) is 11.1 Å². The highest BCUT2D eigenvalue weighted by molar-refractivity contribution is 7.92. The van der Waals surface area contributed by atoms with E-state index in [1.807, 2.05) is 49.4 Å². The first kappa shape index (κ1) is 15.7. The Labute approximate surface area is 138 Å². The number of carbonyl (C=O) groups is 1. The molecule has 0 bridgehead atoms. The molecule has 2 unspecified atom stereocenters. The van der Waals surface area contributed by atoms with Crippen LogP contribution in [0.2, 0.25) is 0 Å². The summed E-state index contributed by atoms with van der Waals surface area (Å²) in [7, 11) is 0. The molecular weight excluding hydrogens is 310 g/mol. The summed E-state index contributed by atoms with van der Waals surface area (Å²) in [5, 5.41) is 6.36. The van der Waals surface area contributed by atoms with Gasteiger partial charge in [-0.1, -0.05) is 24.3 Å². The number of nitrogens with one attached hydrogen (secondary N) is 3. The summed E-state index contributed by atoms with van der Waals surface area (Å²) >= 11 is -1.12. The summed E-state index contributed by atoms with van der Waals surface area (Å²) in [5.74, 6) is 0.0118. The van der Waals surface area contributed by atoms with E-state index >= 15 is 0 Å². The highest BCUT2D eigenvalue weighted by Gasteiger charge is 2.20. The van der Waals surface area contributed by atoms with Crippen molar-refractivity contribution in [3.8, 4) is 11.1 Å². The molecule has 2 aromatic rings. The van der Waals surface area contributed by atoms with Gasteiger partial charge in [-0.15, -0.1) is 0 Å². The van der Waals surface area contributed by atoms with Gasteiger partial charge in [-0.2, -0.15) is 0 Å². The molecule has 0 aliphatic carbocycles. The molecule has 2 aromatic carbocycles. The first-order chi connectivity index (χ1) is 11.0. The van der Waals surface area contributed by atoms with Gasteiger partial charge >= 0.3 is 0 Å². The Morgan fingerprint density at radius 3 is 2.83 bits per heavy atom. The number of hydrogen-bond donors (Lipinski definition) is 3. The molecule has 23 heavy (non-hydrogen) atoms. The normalized spacial score (nSPS) is 18.2. The molecule has 0 fully saturated rings. The zero-order valence-corrected chi connectivity index (χ0v) is 13.9. The Bertz CT molecular complexity index is 734. The predicted octanol–water partition coefficient (Wildman–Crippen LogP) is 3.20. The van der Waals surface area contributed by atoms with Gasteiger partial charge in [0.05, 0.1) is 28.4 Å². The summed E-state index contributed by atoms with van der Waals surface area (Å²) in [6, 6.07) is 13.6. The van der Waals surface area contributed by atoms with Gasteiger partial charge < -0.3 is 15.2 Å². The van der Waals surface area contributed by atoms with Crippen LogP contribution >= 0.6 is 0 Å². The fourth-order valence-electron chi connectivity index (χ4n) is 2.75. The maximum atomic E-state index is 11.9. The second-order valence-electron chi connectivity index (χ2n) is 5.66. The molecule has 3 rings (SSSR count). The van der Waals surface area contributed by atoms with Crippen molar-refractivity contribution in [3.05, 3.63) is 42.5 Å². The van der Waals surface area contributed by atoms with Crippen molar-refractivity contribution in [3.63, 3.8) is 0 Å². The van der Waals surface area contributed by atoms with Gasteiger partial charge in [0.2, 0.25) is 5.91 Å². The van der Waals surface area contributed by atoms with Crippen LogP contribution in [-0.2, 0) is 16.2 Å². The lowest BCUT2D eigenvalue weighted by atomic mass is 10.0. The highest BCUT2D eigenvalue weighted by Crippen LogP contribution is 2.37. The summed E-state index contributed by atoms with van der Waals surface area (Å²) in [5.41, 5.74) is 4.50. The molecule has 1 amide bonds. The highest BCUT2D eigenvalue weighted by atomic mass is 32.2. The molecule has 0 spiro atoms. The monoisotopic (exact) mass is 329 g/mol. The Balaban J connectivity index is 2.04. The summed E-state index contributed by atoms with van der Waals surface area (Å²) in [4.78, 5) is 11.9. The second kappa shape index (κ2) is 6.52. The SMILES string of the molecule is CC1CC(=O)Nc2cccc(-c3cccc(N[S+](C)[O-])c3)c2N1. The lowest BCUT2D eigenvalue weighted by molar-refractivity contribution is -0.116. The van der Waals surface area contributed by atoms with Gasteiger partial charge in [0.25, 0.3) is 0 Å². The lowest BCUT2D eigenvalue weighted by Gasteiger charge is -2.17. The molecule has 0 saturated carbocycles. The minimum atomic E-state index is -1.12. The zero-order chi connectivity index (χ0) is 16.4. The van der Waals surface area contributed by atoms with Crippen molar-refractivity contribution in [2.24, 2.45) is 0 Å². The number of rotatable bonds is 3. The van der Waals surface area contributed by atoms with Gasteiger partial charge in [-0.05, 0) is 30.7 Å². The standard InChI is InChI=1S/C17H19N3O2S/c1-11-9-16(21)19-15-8-4-7-14(17(15)18-11)12-5-3-6-13(10-12)20-23(2)22/h3-8,10-11,18,20H,9H2,1-2H3,(H,19,21). The lowest BCUT2D eigenvalue weighted by Crippen LogP contribution is -2.19. The van der Waals surface area contributed by atoms with Crippen molar-refractivity contribution in [2.45, 2.75) is 19.4 Å². The van der Waals surface area contributed by atoms with E-state index in [1.54, 1.807) is 6.26 Å². The Hall–Kier alpha value is -2.18. The third kappa shape index (κ3) is 3.60. The van der Waals surface area contributed by atoms with E-state index in [1.165, 1.54) is 0 Å². The number of para-hydroxylation sites is 1. The average Bonchev–Trinajstić information content (AvgIpc) is 2.62. The molecule has 1 aliphatic rings. The molecule has 6 heteroatoms. The van der Waals surface area contributed by atoms with E-state index in [9.17, 15) is 9.35 Å². The Kier molecular flexibility index (Phi) is 4.45. The fraction of sp³-hybridized carbons (Fsp3) is 0.235. The fourth-order valence-corrected chi connectivity index (χ4v) is 3.20. The van der Waals surface area contributed by atoms with Crippen molar-refractivity contribution in [2.75, 3.05) is 21.6 Å². The molecule has 1 heterocycles. The van der Waals surface area contributed by atoms with Crippen molar-refractivity contribution in [1.82, 2.24) is 0 Å². The minimum absolute atomic E-state index is 0.0118. The number of fused-ring (bicyclic) bond motifs is 1. The van der Waals surface area contributed by atoms with Crippen molar-refractivity contribution < 1.29 is 9.35 Å². The topological polar surface area (TPSA) is 76.2 Å². The van der Waals surface area contributed by atoms with Crippen LogP contribution in [0.15, 0.2) is 42.5 Å². The molecule has 0 saturated heterocycles. The van der Waals surface area contributed by atoms with E-state index in [2.05, 4.69) is 15.4 Å². The molecule has 3 N–H and O–H groups in total. The van der Waals surface area contributed by atoms with Gasteiger partial charge in [0.15, 0.2) is 0 Å². The number of anilines is 3. The quantitative estimate of drug-likeness (QED) is 0.756. The molecular formula is C17H19N3O2S. The molecule has 0 radical (unpaired) electrons. The van der Waals surface area contributed by atoms with E-state index in [0.29, 0.717) is 6.42 Å². The number of amides is 1. The van der Waals surface area contributed by atoms with Crippen LogP contribution in [0.3, 0.4) is 0 Å². The van der Waals surface area contributed by atoms with Crippen LogP contribution in [0.5, 0.6) is 0 Å². The third-order valence-corrected chi connectivity index (χ3v) is 4.18. The smallest absolute Gasteiger partial charge is 0.226 e.